The Labute approximate surface area is 164 Å². The molecule has 1 aliphatic rings. The molecule has 0 aliphatic carbocycles. The van der Waals surface area contributed by atoms with E-state index in [4.69, 9.17) is 0 Å². The summed E-state index contributed by atoms with van der Waals surface area (Å²) in [5, 5.41) is 15.5. The number of aryl methyl sites for hydroxylation is 2. The van der Waals surface area contributed by atoms with E-state index in [0.29, 0.717) is 24.3 Å². The number of hydrogen-bond donors (Lipinski definition) is 1. The van der Waals surface area contributed by atoms with E-state index in [0.717, 1.165) is 11.3 Å². The Hall–Kier alpha value is -2.93. The molecule has 2 heterocycles. The van der Waals surface area contributed by atoms with Crippen LogP contribution in [0, 0.1) is 13.8 Å². The SMILES string of the molecule is Cc1nn(C)c(C)c1/C(O)=C1\C(=O)C(=O)N(CCN(C)C)C1c1ccccc1. The molecule has 2 aromatic rings. The van der Waals surface area contributed by atoms with Gasteiger partial charge >= 0.3 is 0 Å². The van der Waals surface area contributed by atoms with Gasteiger partial charge in [0.05, 0.1) is 22.9 Å². The predicted octanol–water partition coefficient (Wildman–Crippen LogP) is 2.02. The summed E-state index contributed by atoms with van der Waals surface area (Å²) in [5.41, 5.74) is 2.77. The van der Waals surface area contributed by atoms with E-state index in [-0.39, 0.29) is 11.3 Å². The maximum Gasteiger partial charge on any atom is 0.295 e. The second-order valence-corrected chi connectivity index (χ2v) is 7.38. The van der Waals surface area contributed by atoms with E-state index in [1.807, 2.05) is 56.3 Å². The molecule has 3 rings (SSSR count). The van der Waals surface area contributed by atoms with Gasteiger partial charge in [0.25, 0.3) is 11.7 Å². The van der Waals surface area contributed by atoms with Gasteiger partial charge in [-0.3, -0.25) is 14.3 Å². The number of rotatable bonds is 5. The molecule has 7 heteroatoms. The maximum absolute atomic E-state index is 12.9. The second kappa shape index (κ2) is 7.59. The minimum absolute atomic E-state index is 0.120. The van der Waals surface area contributed by atoms with Crippen molar-refractivity contribution in [2.75, 3.05) is 27.2 Å². The van der Waals surface area contributed by atoms with Gasteiger partial charge in [0.2, 0.25) is 0 Å². The third-order valence-electron chi connectivity index (χ3n) is 5.19. The molecule has 0 spiro atoms. The zero-order valence-corrected chi connectivity index (χ0v) is 16.9. The van der Waals surface area contributed by atoms with Crippen molar-refractivity contribution in [3.8, 4) is 0 Å². The van der Waals surface area contributed by atoms with Crippen LogP contribution in [-0.2, 0) is 16.6 Å². The number of ketones is 1. The van der Waals surface area contributed by atoms with Crippen LogP contribution in [0.4, 0.5) is 0 Å². The van der Waals surface area contributed by atoms with Gasteiger partial charge in [0.1, 0.15) is 5.76 Å². The number of hydrogen-bond acceptors (Lipinski definition) is 5. The number of likely N-dealkylation sites (tertiary alicyclic amines) is 1. The standard InChI is InChI=1S/C21H26N4O3/c1-13-16(14(2)24(5)22-13)19(26)17-18(15-9-7-6-8-10-15)25(12-11-23(3)4)21(28)20(17)27/h6-10,18,26H,11-12H2,1-5H3/b19-17+. The molecule has 1 aromatic heterocycles. The molecule has 1 N–H and O–H groups in total. The van der Waals surface area contributed by atoms with Crippen molar-refractivity contribution < 1.29 is 14.7 Å². The fourth-order valence-electron chi connectivity index (χ4n) is 3.65. The molecule has 7 nitrogen and oxygen atoms in total. The summed E-state index contributed by atoms with van der Waals surface area (Å²) in [6.45, 7) is 4.61. The first-order valence-electron chi connectivity index (χ1n) is 9.22. The van der Waals surface area contributed by atoms with Crippen LogP contribution in [0.3, 0.4) is 0 Å². The number of aliphatic hydroxyl groups excluding tert-OH is 1. The smallest absolute Gasteiger partial charge is 0.295 e. The normalized spacial score (nSPS) is 19.1. The predicted molar refractivity (Wildman–Crippen MR) is 107 cm³/mol. The number of carbonyl (C=O) groups is 2. The van der Waals surface area contributed by atoms with Crippen LogP contribution >= 0.6 is 0 Å². The van der Waals surface area contributed by atoms with Crippen molar-refractivity contribution in [1.82, 2.24) is 19.6 Å². The average molecular weight is 382 g/mol. The third kappa shape index (κ3) is 3.33. The van der Waals surface area contributed by atoms with Gasteiger partial charge in [0, 0.05) is 25.8 Å². The number of likely N-dealkylation sites (N-methyl/N-ethyl adjacent to an activating group) is 1. The van der Waals surface area contributed by atoms with Gasteiger partial charge in [-0.25, -0.2) is 0 Å². The molecule has 1 amide bonds. The first kappa shape index (κ1) is 19.8. The van der Waals surface area contributed by atoms with Gasteiger partial charge in [-0.1, -0.05) is 30.3 Å². The molecule has 148 valence electrons. The summed E-state index contributed by atoms with van der Waals surface area (Å²) in [7, 11) is 5.61. The van der Waals surface area contributed by atoms with E-state index in [1.54, 1.807) is 23.6 Å². The Morgan fingerprint density at radius 3 is 2.36 bits per heavy atom. The highest BCUT2D eigenvalue weighted by Gasteiger charge is 2.46. The van der Waals surface area contributed by atoms with E-state index < -0.39 is 17.7 Å². The monoisotopic (exact) mass is 382 g/mol. The summed E-state index contributed by atoms with van der Waals surface area (Å²) < 4.78 is 1.66. The zero-order valence-electron chi connectivity index (χ0n) is 16.9. The van der Waals surface area contributed by atoms with Crippen molar-refractivity contribution in [1.29, 1.82) is 0 Å². The van der Waals surface area contributed by atoms with Crippen molar-refractivity contribution in [2.45, 2.75) is 19.9 Å². The molecule has 0 saturated carbocycles. The quantitative estimate of drug-likeness (QED) is 0.486. The zero-order chi connectivity index (χ0) is 20.6. The van der Waals surface area contributed by atoms with Crippen LogP contribution in [0.15, 0.2) is 35.9 Å². The van der Waals surface area contributed by atoms with E-state index in [1.165, 1.54) is 0 Å². The van der Waals surface area contributed by atoms with E-state index in [2.05, 4.69) is 5.10 Å². The first-order valence-corrected chi connectivity index (χ1v) is 9.22. The van der Waals surface area contributed by atoms with Crippen molar-refractivity contribution in [3.63, 3.8) is 0 Å². The van der Waals surface area contributed by atoms with Crippen molar-refractivity contribution in [3.05, 3.63) is 58.4 Å². The van der Waals surface area contributed by atoms with Crippen molar-refractivity contribution >= 4 is 17.4 Å². The maximum atomic E-state index is 12.9. The molecule has 1 fully saturated rings. The largest absolute Gasteiger partial charge is 0.507 e. The lowest BCUT2D eigenvalue weighted by atomic mass is 9.95. The number of benzene rings is 1. The highest BCUT2D eigenvalue weighted by Crippen LogP contribution is 2.40. The summed E-state index contributed by atoms with van der Waals surface area (Å²) >= 11 is 0. The van der Waals surface area contributed by atoms with Gasteiger partial charge < -0.3 is 14.9 Å². The van der Waals surface area contributed by atoms with Crippen LogP contribution in [0.25, 0.3) is 5.76 Å². The minimum atomic E-state index is -0.659. The van der Waals surface area contributed by atoms with Crippen LogP contribution in [0.5, 0.6) is 0 Å². The van der Waals surface area contributed by atoms with Crippen LogP contribution < -0.4 is 0 Å². The lowest BCUT2D eigenvalue weighted by Gasteiger charge is -2.26. The molecule has 1 aromatic carbocycles. The number of amides is 1. The van der Waals surface area contributed by atoms with Gasteiger partial charge in [-0.05, 0) is 33.5 Å². The molecule has 1 unspecified atom stereocenters. The average Bonchev–Trinajstić information content (AvgIpc) is 3.06. The molecule has 0 radical (unpaired) electrons. The van der Waals surface area contributed by atoms with Crippen LogP contribution in [0.2, 0.25) is 0 Å². The number of aliphatic hydroxyl groups is 1. The third-order valence-corrected chi connectivity index (χ3v) is 5.19. The summed E-state index contributed by atoms with van der Waals surface area (Å²) in [5.74, 6) is -1.41. The van der Waals surface area contributed by atoms with Crippen LogP contribution in [-0.4, -0.2) is 63.6 Å². The summed E-state index contributed by atoms with van der Waals surface area (Å²) in [6, 6.07) is 8.72. The number of Topliss-reactive ketones (excluding diaryl/α,β-unsaturated/α-hetero) is 1. The molecule has 1 saturated heterocycles. The van der Waals surface area contributed by atoms with Gasteiger partial charge in [-0.2, -0.15) is 5.10 Å². The lowest BCUT2D eigenvalue weighted by molar-refractivity contribution is -0.140. The molecular weight excluding hydrogens is 356 g/mol. The summed E-state index contributed by atoms with van der Waals surface area (Å²) in [6.07, 6.45) is 0. The highest BCUT2D eigenvalue weighted by atomic mass is 16.3. The molecule has 1 atom stereocenters. The highest BCUT2D eigenvalue weighted by molar-refractivity contribution is 6.46. The first-order chi connectivity index (χ1) is 13.2. The minimum Gasteiger partial charge on any atom is -0.507 e. The topological polar surface area (TPSA) is 78.7 Å². The molecular formula is C21H26N4O3. The van der Waals surface area contributed by atoms with E-state index in [9.17, 15) is 14.7 Å². The fraction of sp³-hybridized carbons (Fsp3) is 0.381. The Balaban J connectivity index is 2.19. The fourth-order valence-corrected chi connectivity index (χ4v) is 3.65. The molecule has 0 bridgehead atoms. The lowest BCUT2D eigenvalue weighted by Crippen LogP contribution is -2.35. The Bertz CT molecular complexity index is 944. The number of nitrogens with zero attached hydrogens (tertiary/aromatic N) is 4. The molecule has 1 aliphatic heterocycles. The van der Waals surface area contributed by atoms with E-state index >= 15 is 0 Å². The van der Waals surface area contributed by atoms with Gasteiger partial charge in [-0.15, -0.1) is 0 Å². The summed E-state index contributed by atoms with van der Waals surface area (Å²) in [4.78, 5) is 29.3. The Kier molecular flexibility index (Phi) is 5.38. The Morgan fingerprint density at radius 1 is 1.18 bits per heavy atom. The number of aromatic nitrogens is 2. The van der Waals surface area contributed by atoms with Crippen molar-refractivity contribution in [2.24, 2.45) is 7.05 Å². The molecule has 28 heavy (non-hydrogen) atoms. The second-order valence-electron chi connectivity index (χ2n) is 7.38. The number of carbonyl (C=O) groups excluding carboxylic acids is 2. The van der Waals surface area contributed by atoms with Crippen LogP contribution in [0.1, 0.15) is 28.6 Å². The van der Waals surface area contributed by atoms with Gasteiger partial charge in [0.15, 0.2) is 0 Å². The Morgan fingerprint density at radius 2 is 1.82 bits per heavy atom.